The van der Waals surface area contributed by atoms with Crippen LogP contribution in [0.1, 0.15) is 5.69 Å². The van der Waals surface area contributed by atoms with E-state index in [1.807, 2.05) is 0 Å². The standard InChI is InChI=1S/C26H26F3N7O5/c1-38-20-12-18-19(13-21(20)40-10-7-35-5-8-39-9-6-35)31-15-32-24(18)41-17-4-2-3-16(11-17)36-23(33-25(30)37)14-22(34-36)26(27,28)29/h2-4,11-15H,5-10H2,1H3,(H3,30,33,37). The topological polar surface area (TPSA) is 139 Å². The molecule has 1 fully saturated rings. The summed E-state index contributed by atoms with van der Waals surface area (Å²) in [6, 6.07) is 9.13. The Morgan fingerprint density at radius 2 is 1.93 bits per heavy atom. The van der Waals surface area contributed by atoms with Crippen molar-refractivity contribution in [3.8, 4) is 28.8 Å². The third-order valence-corrected chi connectivity index (χ3v) is 6.18. The van der Waals surface area contributed by atoms with Gasteiger partial charge in [-0.25, -0.2) is 19.4 Å². The lowest BCUT2D eigenvalue weighted by Gasteiger charge is -2.26. The van der Waals surface area contributed by atoms with Crippen molar-refractivity contribution >= 4 is 22.8 Å². The Morgan fingerprint density at radius 3 is 2.66 bits per heavy atom. The molecule has 4 aromatic rings. The van der Waals surface area contributed by atoms with Gasteiger partial charge in [-0.1, -0.05) is 6.07 Å². The molecule has 3 heterocycles. The van der Waals surface area contributed by atoms with Gasteiger partial charge in [0.05, 0.1) is 36.9 Å². The van der Waals surface area contributed by atoms with Crippen molar-refractivity contribution in [2.24, 2.45) is 5.73 Å². The number of primary amides is 1. The van der Waals surface area contributed by atoms with Crippen LogP contribution in [-0.4, -0.2) is 77.2 Å². The van der Waals surface area contributed by atoms with Gasteiger partial charge in [0.15, 0.2) is 17.2 Å². The van der Waals surface area contributed by atoms with Gasteiger partial charge in [-0.3, -0.25) is 10.2 Å². The van der Waals surface area contributed by atoms with Gasteiger partial charge < -0.3 is 24.7 Å². The molecule has 0 saturated carbocycles. The third kappa shape index (κ3) is 6.58. The molecule has 12 nitrogen and oxygen atoms in total. The number of nitrogens with one attached hydrogen (secondary N) is 1. The molecule has 0 bridgehead atoms. The van der Waals surface area contributed by atoms with E-state index in [1.165, 1.54) is 25.6 Å². The predicted octanol–water partition coefficient (Wildman–Crippen LogP) is 3.84. The molecule has 1 saturated heterocycles. The van der Waals surface area contributed by atoms with Crippen LogP contribution in [0.2, 0.25) is 0 Å². The van der Waals surface area contributed by atoms with Gasteiger partial charge in [-0.2, -0.15) is 18.3 Å². The number of morpholine rings is 1. The number of hydrogen-bond donors (Lipinski definition) is 2. The summed E-state index contributed by atoms with van der Waals surface area (Å²) in [7, 11) is 1.51. The molecule has 0 atom stereocenters. The van der Waals surface area contributed by atoms with Crippen LogP contribution in [0.4, 0.5) is 23.8 Å². The number of methoxy groups -OCH3 is 1. The van der Waals surface area contributed by atoms with Gasteiger partial charge in [-0.15, -0.1) is 0 Å². The van der Waals surface area contributed by atoms with E-state index in [9.17, 15) is 18.0 Å². The number of anilines is 1. The van der Waals surface area contributed by atoms with Crippen LogP contribution in [0.3, 0.4) is 0 Å². The number of nitrogens with zero attached hydrogens (tertiary/aromatic N) is 5. The van der Waals surface area contributed by atoms with Crippen molar-refractivity contribution in [2.45, 2.75) is 6.18 Å². The molecule has 2 aromatic carbocycles. The first-order valence-corrected chi connectivity index (χ1v) is 12.5. The summed E-state index contributed by atoms with van der Waals surface area (Å²) in [4.78, 5) is 22.2. The van der Waals surface area contributed by atoms with E-state index in [2.05, 4.69) is 25.3 Å². The van der Waals surface area contributed by atoms with Crippen molar-refractivity contribution in [3.63, 3.8) is 0 Å². The highest BCUT2D eigenvalue weighted by molar-refractivity contribution is 5.88. The summed E-state index contributed by atoms with van der Waals surface area (Å²) in [6.07, 6.45) is -3.42. The van der Waals surface area contributed by atoms with E-state index in [1.54, 1.807) is 24.3 Å². The first-order chi connectivity index (χ1) is 19.7. The lowest BCUT2D eigenvalue weighted by Crippen LogP contribution is -2.38. The molecule has 2 aromatic heterocycles. The van der Waals surface area contributed by atoms with Crippen molar-refractivity contribution in [1.29, 1.82) is 0 Å². The molecule has 0 radical (unpaired) electrons. The molecule has 1 aliphatic rings. The minimum atomic E-state index is -4.74. The maximum atomic E-state index is 13.3. The Morgan fingerprint density at radius 1 is 1.12 bits per heavy atom. The van der Waals surface area contributed by atoms with Gasteiger partial charge in [0, 0.05) is 37.8 Å². The summed E-state index contributed by atoms with van der Waals surface area (Å²) in [5.41, 5.74) is 4.63. The number of aromatic nitrogens is 4. The average Bonchev–Trinajstić information content (AvgIpc) is 3.37. The number of nitrogens with two attached hydrogens (primary N) is 1. The van der Waals surface area contributed by atoms with E-state index in [4.69, 9.17) is 24.7 Å². The summed E-state index contributed by atoms with van der Waals surface area (Å²) < 4.78 is 63.7. The fourth-order valence-corrected chi connectivity index (χ4v) is 4.23. The van der Waals surface area contributed by atoms with Crippen molar-refractivity contribution < 1.29 is 36.9 Å². The highest BCUT2D eigenvalue weighted by Gasteiger charge is 2.35. The van der Waals surface area contributed by atoms with Gasteiger partial charge in [0.1, 0.15) is 24.5 Å². The number of carbonyl (C=O) groups is 1. The molecule has 2 amide bonds. The molecule has 15 heteroatoms. The lowest BCUT2D eigenvalue weighted by molar-refractivity contribution is -0.141. The van der Waals surface area contributed by atoms with E-state index in [0.717, 1.165) is 24.3 Å². The number of halogens is 3. The molecule has 0 aliphatic carbocycles. The summed E-state index contributed by atoms with van der Waals surface area (Å²) in [5.74, 6) is 1.11. The number of fused-ring (bicyclic) bond motifs is 1. The minimum absolute atomic E-state index is 0.175. The van der Waals surface area contributed by atoms with Crippen LogP contribution in [0.5, 0.6) is 23.1 Å². The van der Waals surface area contributed by atoms with Crippen molar-refractivity contribution in [2.75, 3.05) is 51.9 Å². The second kappa shape index (κ2) is 11.9. The van der Waals surface area contributed by atoms with Gasteiger partial charge in [0.25, 0.3) is 0 Å². The van der Waals surface area contributed by atoms with Crippen molar-refractivity contribution in [3.05, 3.63) is 54.5 Å². The zero-order valence-electron chi connectivity index (χ0n) is 21.8. The highest BCUT2D eigenvalue weighted by Crippen LogP contribution is 2.37. The number of carbonyl (C=O) groups excluding carboxylic acids is 1. The van der Waals surface area contributed by atoms with Gasteiger partial charge >= 0.3 is 12.2 Å². The fourth-order valence-electron chi connectivity index (χ4n) is 4.23. The molecule has 216 valence electrons. The van der Waals surface area contributed by atoms with Gasteiger partial charge in [-0.05, 0) is 18.2 Å². The number of urea groups is 1. The number of alkyl halides is 3. The van der Waals surface area contributed by atoms with Gasteiger partial charge in [0.2, 0.25) is 5.88 Å². The first-order valence-electron chi connectivity index (χ1n) is 12.5. The molecule has 0 unspecified atom stereocenters. The smallest absolute Gasteiger partial charge is 0.435 e. The van der Waals surface area contributed by atoms with Crippen LogP contribution >= 0.6 is 0 Å². The highest BCUT2D eigenvalue weighted by atomic mass is 19.4. The average molecular weight is 574 g/mol. The number of rotatable bonds is 9. The maximum absolute atomic E-state index is 13.3. The largest absolute Gasteiger partial charge is 0.493 e. The van der Waals surface area contributed by atoms with Crippen LogP contribution in [0, 0.1) is 0 Å². The monoisotopic (exact) mass is 573 g/mol. The zero-order chi connectivity index (χ0) is 29.0. The second-order valence-electron chi connectivity index (χ2n) is 8.91. The number of hydrogen-bond acceptors (Lipinski definition) is 9. The summed E-state index contributed by atoms with van der Waals surface area (Å²) in [5, 5.41) is 6.26. The predicted molar refractivity (Wildman–Crippen MR) is 141 cm³/mol. The Hall–Kier alpha value is -4.63. The third-order valence-electron chi connectivity index (χ3n) is 6.18. The Bertz CT molecular complexity index is 1540. The van der Waals surface area contributed by atoms with Crippen LogP contribution in [-0.2, 0) is 10.9 Å². The fraction of sp³-hybridized carbons (Fsp3) is 0.308. The molecule has 41 heavy (non-hydrogen) atoms. The SMILES string of the molecule is COc1cc2c(Oc3cccc(-n4nc(C(F)(F)F)cc4NC(N)=O)c3)ncnc2cc1OCCN1CCOCC1. The molecule has 3 N–H and O–H groups in total. The summed E-state index contributed by atoms with van der Waals surface area (Å²) in [6.45, 7) is 4.27. The number of benzene rings is 2. The zero-order valence-corrected chi connectivity index (χ0v) is 21.8. The lowest BCUT2D eigenvalue weighted by atomic mass is 10.2. The quantitative estimate of drug-likeness (QED) is 0.306. The normalized spacial score (nSPS) is 14.1. The van der Waals surface area contributed by atoms with Crippen LogP contribution in [0.15, 0.2) is 48.8 Å². The first kappa shape index (κ1) is 27.9. The molecular weight excluding hydrogens is 547 g/mol. The van der Waals surface area contributed by atoms with Crippen molar-refractivity contribution in [1.82, 2.24) is 24.6 Å². The maximum Gasteiger partial charge on any atom is 0.435 e. The van der Waals surface area contributed by atoms with E-state index >= 15 is 0 Å². The van der Waals surface area contributed by atoms with E-state index in [0.29, 0.717) is 48.3 Å². The molecule has 0 spiro atoms. The number of ether oxygens (including phenoxy) is 4. The van der Waals surface area contributed by atoms with Crippen LogP contribution < -0.4 is 25.3 Å². The van der Waals surface area contributed by atoms with Crippen LogP contribution in [0.25, 0.3) is 16.6 Å². The summed E-state index contributed by atoms with van der Waals surface area (Å²) >= 11 is 0. The second-order valence-corrected chi connectivity index (χ2v) is 8.91. The molecule has 5 rings (SSSR count). The van der Waals surface area contributed by atoms with E-state index < -0.39 is 17.9 Å². The Balaban J connectivity index is 1.40. The van der Waals surface area contributed by atoms with E-state index in [-0.39, 0.29) is 23.1 Å². The number of amides is 2. The minimum Gasteiger partial charge on any atom is -0.493 e. The molecular formula is C26H26F3N7O5. The Labute approximate surface area is 231 Å². The molecule has 1 aliphatic heterocycles. The Kier molecular flexibility index (Phi) is 8.07.